The second kappa shape index (κ2) is 6.51. The third-order valence-electron chi connectivity index (χ3n) is 4.54. The smallest absolute Gasteiger partial charge is 0.255 e. The highest BCUT2D eigenvalue weighted by Crippen LogP contribution is 2.42. The molecule has 1 saturated carbocycles. The molecule has 0 aliphatic heterocycles. The van der Waals surface area contributed by atoms with Crippen molar-refractivity contribution in [3.63, 3.8) is 0 Å². The predicted molar refractivity (Wildman–Crippen MR) is 95.7 cm³/mol. The Hall–Kier alpha value is -2.95. The van der Waals surface area contributed by atoms with E-state index in [1.54, 1.807) is 12.4 Å². The maximum Gasteiger partial charge on any atom is 0.255 e. The minimum atomic E-state index is -0.0570. The van der Waals surface area contributed by atoms with Crippen molar-refractivity contribution in [1.82, 2.24) is 20.1 Å². The summed E-state index contributed by atoms with van der Waals surface area (Å²) in [7, 11) is 0. The predicted octanol–water partition coefficient (Wildman–Crippen LogP) is 3.38. The highest BCUT2D eigenvalue weighted by Gasteiger charge is 2.33. The first kappa shape index (κ1) is 15.6. The number of pyridine rings is 1. The minimum Gasteiger partial charge on any atom is -0.348 e. The molecule has 5 nitrogen and oxygen atoms in total. The van der Waals surface area contributed by atoms with E-state index in [4.69, 9.17) is 5.10 Å². The molecule has 1 amide bonds. The van der Waals surface area contributed by atoms with Gasteiger partial charge in [-0.25, -0.2) is 4.68 Å². The zero-order valence-corrected chi connectivity index (χ0v) is 14.1. The van der Waals surface area contributed by atoms with Crippen LogP contribution < -0.4 is 5.32 Å². The lowest BCUT2D eigenvalue weighted by molar-refractivity contribution is 0.0949. The first-order valence-electron chi connectivity index (χ1n) is 8.56. The van der Waals surface area contributed by atoms with Gasteiger partial charge in [-0.05, 0) is 49.6 Å². The van der Waals surface area contributed by atoms with Gasteiger partial charge in [-0.1, -0.05) is 18.2 Å². The Balaban J connectivity index is 1.64. The fraction of sp³-hybridized carbons (Fsp3) is 0.250. The number of para-hydroxylation sites is 1. The molecule has 0 unspecified atom stereocenters. The Kier molecular flexibility index (Phi) is 4.06. The Morgan fingerprint density at radius 2 is 1.88 bits per heavy atom. The van der Waals surface area contributed by atoms with E-state index < -0.39 is 0 Å². The number of hydrogen-bond donors (Lipinski definition) is 1. The summed E-state index contributed by atoms with van der Waals surface area (Å²) in [4.78, 5) is 16.9. The van der Waals surface area contributed by atoms with Crippen LogP contribution in [0.25, 0.3) is 5.69 Å². The normalized spacial score (nSPS) is 13.6. The molecule has 0 bridgehead atoms. The van der Waals surface area contributed by atoms with Crippen molar-refractivity contribution in [2.45, 2.75) is 32.2 Å². The number of aromatic nitrogens is 3. The van der Waals surface area contributed by atoms with E-state index in [-0.39, 0.29) is 5.91 Å². The molecule has 126 valence electrons. The van der Waals surface area contributed by atoms with Gasteiger partial charge < -0.3 is 5.32 Å². The minimum absolute atomic E-state index is 0.0570. The maximum absolute atomic E-state index is 12.9. The van der Waals surface area contributed by atoms with E-state index >= 15 is 0 Å². The van der Waals surface area contributed by atoms with Gasteiger partial charge in [0.15, 0.2) is 0 Å². The molecular weight excluding hydrogens is 312 g/mol. The Morgan fingerprint density at radius 1 is 1.16 bits per heavy atom. The zero-order valence-electron chi connectivity index (χ0n) is 14.1. The molecule has 1 N–H and O–H groups in total. The van der Waals surface area contributed by atoms with Crippen molar-refractivity contribution in [1.29, 1.82) is 0 Å². The highest BCUT2D eigenvalue weighted by molar-refractivity contribution is 5.96. The molecule has 2 aromatic heterocycles. The second-order valence-electron chi connectivity index (χ2n) is 6.41. The standard InChI is InChI=1S/C20H20N4O/c1-14-18(20(25)22-13-15-9-11-21-12-10-15)19(16-7-8-16)23-24(14)17-5-3-2-4-6-17/h2-6,9-12,16H,7-8,13H2,1H3,(H,22,25). The first-order valence-corrected chi connectivity index (χ1v) is 8.56. The quantitative estimate of drug-likeness (QED) is 0.779. The molecule has 25 heavy (non-hydrogen) atoms. The van der Waals surface area contributed by atoms with Gasteiger partial charge in [0.1, 0.15) is 0 Å². The molecule has 2 heterocycles. The van der Waals surface area contributed by atoms with Gasteiger partial charge in [0.2, 0.25) is 0 Å². The lowest BCUT2D eigenvalue weighted by Gasteiger charge is -2.07. The largest absolute Gasteiger partial charge is 0.348 e. The number of carbonyl (C=O) groups is 1. The van der Waals surface area contributed by atoms with Crippen molar-refractivity contribution in [3.8, 4) is 5.69 Å². The van der Waals surface area contributed by atoms with E-state index in [0.29, 0.717) is 12.5 Å². The van der Waals surface area contributed by atoms with Crippen molar-refractivity contribution < 1.29 is 4.79 Å². The number of carbonyl (C=O) groups excluding carboxylic acids is 1. The number of benzene rings is 1. The van der Waals surface area contributed by atoms with Gasteiger partial charge in [-0.15, -0.1) is 0 Å². The summed E-state index contributed by atoms with van der Waals surface area (Å²) in [6.45, 7) is 2.45. The lowest BCUT2D eigenvalue weighted by Crippen LogP contribution is -2.24. The molecular formula is C20H20N4O. The SMILES string of the molecule is Cc1c(C(=O)NCc2ccncc2)c(C2CC2)nn1-c1ccccc1. The number of amides is 1. The number of rotatable bonds is 5. The summed E-state index contributed by atoms with van der Waals surface area (Å²) in [5.41, 5.74) is 4.55. The van der Waals surface area contributed by atoms with Crippen LogP contribution in [-0.2, 0) is 6.54 Å². The Labute approximate surface area is 146 Å². The Bertz CT molecular complexity index is 883. The molecule has 5 heteroatoms. The van der Waals surface area contributed by atoms with Gasteiger partial charge in [0, 0.05) is 24.9 Å². The average molecular weight is 332 g/mol. The zero-order chi connectivity index (χ0) is 17.2. The van der Waals surface area contributed by atoms with Crippen LogP contribution in [0.3, 0.4) is 0 Å². The lowest BCUT2D eigenvalue weighted by atomic mass is 10.1. The third kappa shape index (κ3) is 3.18. The molecule has 3 aromatic rings. The fourth-order valence-corrected chi connectivity index (χ4v) is 3.04. The first-order chi connectivity index (χ1) is 12.2. The molecule has 0 atom stereocenters. The van der Waals surface area contributed by atoms with Gasteiger partial charge in [0.25, 0.3) is 5.91 Å². The van der Waals surface area contributed by atoms with Crippen LogP contribution in [-0.4, -0.2) is 20.7 Å². The Morgan fingerprint density at radius 3 is 2.56 bits per heavy atom. The van der Waals surface area contributed by atoms with E-state index in [1.807, 2.05) is 54.1 Å². The van der Waals surface area contributed by atoms with Crippen LogP contribution in [0.1, 0.15) is 46.1 Å². The molecule has 1 fully saturated rings. The van der Waals surface area contributed by atoms with Crippen molar-refractivity contribution in [2.75, 3.05) is 0 Å². The van der Waals surface area contributed by atoms with E-state index in [0.717, 1.165) is 41.0 Å². The van der Waals surface area contributed by atoms with Crippen molar-refractivity contribution in [2.24, 2.45) is 0 Å². The van der Waals surface area contributed by atoms with E-state index in [1.165, 1.54) is 0 Å². The van der Waals surface area contributed by atoms with Gasteiger partial charge in [-0.3, -0.25) is 9.78 Å². The van der Waals surface area contributed by atoms with Crippen LogP contribution in [0.4, 0.5) is 0 Å². The summed E-state index contributed by atoms with van der Waals surface area (Å²) in [5.74, 6) is 0.351. The van der Waals surface area contributed by atoms with Crippen LogP contribution in [0.5, 0.6) is 0 Å². The number of hydrogen-bond acceptors (Lipinski definition) is 3. The topological polar surface area (TPSA) is 59.8 Å². The highest BCUT2D eigenvalue weighted by atomic mass is 16.1. The van der Waals surface area contributed by atoms with Crippen LogP contribution in [0, 0.1) is 6.92 Å². The maximum atomic E-state index is 12.9. The number of nitrogens with zero attached hydrogens (tertiary/aromatic N) is 3. The number of nitrogens with one attached hydrogen (secondary N) is 1. The average Bonchev–Trinajstić information content (AvgIpc) is 3.44. The molecule has 1 aromatic carbocycles. The second-order valence-corrected chi connectivity index (χ2v) is 6.41. The third-order valence-corrected chi connectivity index (χ3v) is 4.54. The van der Waals surface area contributed by atoms with E-state index in [2.05, 4.69) is 10.3 Å². The monoisotopic (exact) mass is 332 g/mol. The van der Waals surface area contributed by atoms with Gasteiger partial charge >= 0.3 is 0 Å². The van der Waals surface area contributed by atoms with E-state index in [9.17, 15) is 4.79 Å². The summed E-state index contributed by atoms with van der Waals surface area (Å²) in [5, 5.41) is 7.79. The molecule has 4 rings (SSSR count). The molecule has 1 aliphatic carbocycles. The molecule has 1 aliphatic rings. The molecule has 0 saturated heterocycles. The summed E-state index contributed by atoms with van der Waals surface area (Å²) in [6.07, 6.45) is 5.68. The van der Waals surface area contributed by atoms with Crippen LogP contribution in [0.15, 0.2) is 54.9 Å². The van der Waals surface area contributed by atoms with Crippen LogP contribution in [0.2, 0.25) is 0 Å². The molecule has 0 spiro atoms. The fourth-order valence-electron chi connectivity index (χ4n) is 3.04. The van der Waals surface area contributed by atoms with Crippen molar-refractivity contribution in [3.05, 3.63) is 77.4 Å². The molecule has 0 radical (unpaired) electrons. The van der Waals surface area contributed by atoms with Gasteiger partial charge in [0.05, 0.1) is 22.6 Å². The van der Waals surface area contributed by atoms with Gasteiger partial charge in [-0.2, -0.15) is 5.10 Å². The summed E-state index contributed by atoms with van der Waals surface area (Å²) in [6, 6.07) is 13.8. The summed E-state index contributed by atoms with van der Waals surface area (Å²) < 4.78 is 1.88. The van der Waals surface area contributed by atoms with Crippen molar-refractivity contribution >= 4 is 5.91 Å². The van der Waals surface area contributed by atoms with Crippen LogP contribution >= 0.6 is 0 Å². The summed E-state index contributed by atoms with van der Waals surface area (Å²) >= 11 is 0.